The third kappa shape index (κ3) is 4.13. The third-order valence-electron chi connectivity index (χ3n) is 3.79. The van der Waals surface area contributed by atoms with E-state index in [4.69, 9.17) is 16.3 Å². The lowest BCUT2D eigenvalue weighted by molar-refractivity contribution is -0.144. The molecule has 1 saturated heterocycles. The molecule has 1 aliphatic heterocycles. The van der Waals surface area contributed by atoms with Gasteiger partial charge in [-0.05, 0) is 36.6 Å². The molecule has 0 radical (unpaired) electrons. The number of ether oxygens (including phenoxy) is 1. The molecule has 0 bridgehead atoms. The largest absolute Gasteiger partial charge is 0.467 e. The second kappa shape index (κ2) is 7.49. The van der Waals surface area contributed by atoms with Crippen molar-refractivity contribution >= 4 is 29.2 Å². The Bertz CT molecular complexity index is 556. The van der Waals surface area contributed by atoms with E-state index in [1.807, 2.05) is 18.2 Å². The standard InChI is InChI=1S/C16H21ClN2O3/c1-11(20)18-15(16(21)22-2)10-12-9-13(5-6-14(12)17)19-7-3-4-8-19/h5-6,9,15H,3-4,7-8,10H2,1-2H3,(H,18,20). The fourth-order valence-corrected chi connectivity index (χ4v) is 2.89. The Hall–Kier alpha value is -1.75. The second-order valence-corrected chi connectivity index (χ2v) is 5.86. The zero-order valence-corrected chi connectivity index (χ0v) is 13.7. The normalized spacial score (nSPS) is 15.5. The SMILES string of the molecule is COC(=O)C(Cc1cc(N2CCCC2)ccc1Cl)NC(C)=O. The highest BCUT2D eigenvalue weighted by Crippen LogP contribution is 2.27. The van der Waals surface area contributed by atoms with Gasteiger partial charge >= 0.3 is 5.97 Å². The van der Waals surface area contributed by atoms with Gasteiger partial charge in [-0.1, -0.05) is 11.6 Å². The van der Waals surface area contributed by atoms with E-state index in [0.29, 0.717) is 11.4 Å². The molecule has 22 heavy (non-hydrogen) atoms. The molecule has 0 aliphatic carbocycles. The van der Waals surface area contributed by atoms with Crippen molar-refractivity contribution < 1.29 is 14.3 Å². The number of methoxy groups -OCH3 is 1. The molecule has 6 heteroatoms. The summed E-state index contributed by atoms with van der Waals surface area (Å²) >= 11 is 6.25. The summed E-state index contributed by atoms with van der Waals surface area (Å²) in [5.74, 6) is -0.750. The Balaban J connectivity index is 2.19. The average Bonchev–Trinajstić information content (AvgIpc) is 3.01. The van der Waals surface area contributed by atoms with Crippen LogP contribution in [0.1, 0.15) is 25.3 Å². The van der Waals surface area contributed by atoms with E-state index < -0.39 is 12.0 Å². The summed E-state index contributed by atoms with van der Waals surface area (Å²) in [5, 5.41) is 3.19. The van der Waals surface area contributed by atoms with Crippen LogP contribution in [-0.2, 0) is 20.7 Å². The maximum atomic E-state index is 11.8. The van der Waals surface area contributed by atoms with Crippen LogP contribution in [0.5, 0.6) is 0 Å². The maximum Gasteiger partial charge on any atom is 0.328 e. The zero-order valence-electron chi connectivity index (χ0n) is 12.9. The number of hydrogen-bond donors (Lipinski definition) is 1. The van der Waals surface area contributed by atoms with Crippen molar-refractivity contribution in [3.63, 3.8) is 0 Å². The minimum Gasteiger partial charge on any atom is -0.467 e. The predicted octanol–water partition coefficient (Wildman–Crippen LogP) is 2.16. The number of nitrogens with one attached hydrogen (secondary N) is 1. The van der Waals surface area contributed by atoms with Gasteiger partial charge in [-0.15, -0.1) is 0 Å². The zero-order chi connectivity index (χ0) is 16.1. The first-order chi connectivity index (χ1) is 10.5. The third-order valence-corrected chi connectivity index (χ3v) is 4.16. The van der Waals surface area contributed by atoms with E-state index in [1.165, 1.54) is 26.9 Å². The van der Waals surface area contributed by atoms with Crippen LogP contribution in [0.2, 0.25) is 5.02 Å². The van der Waals surface area contributed by atoms with Gasteiger partial charge in [0, 0.05) is 37.1 Å². The van der Waals surface area contributed by atoms with Gasteiger partial charge in [0.1, 0.15) is 6.04 Å². The minimum absolute atomic E-state index is 0.276. The Morgan fingerprint density at radius 1 is 1.36 bits per heavy atom. The number of esters is 1. The Morgan fingerprint density at radius 3 is 2.64 bits per heavy atom. The molecule has 1 aromatic rings. The molecule has 0 aromatic heterocycles. The number of carbonyl (C=O) groups excluding carboxylic acids is 2. The van der Waals surface area contributed by atoms with Crippen LogP contribution in [0.25, 0.3) is 0 Å². The van der Waals surface area contributed by atoms with Crippen molar-refractivity contribution in [1.82, 2.24) is 5.32 Å². The van der Waals surface area contributed by atoms with E-state index in [1.54, 1.807) is 0 Å². The highest BCUT2D eigenvalue weighted by atomic mass is 35.5. The molecule has 1 atom stereocenters. The van der Waals surface area contributed by atoms with Crippen LogP contribution in [0.4, 0.5) is 5.69 Å². The minimum atomic E-state index is -0.728. The molecule has 1 unspecified atom stereocenters. The Labute approximate surface area is 135 Å². The van der Waals surface area contributed by atoms with E-state index in [2.05, 4.69) is 10.2 Å². The Kier molecular flexibility index (Phi) is 5.66. The summed E-state index contributed by atoms with van der Waals surface area (Å²) in [7, 11) is 1.30. The van der Waals surface area contributed by atoms with Crippen molar-refractivity contribution in [3.05, 3.63) is 28.8 Å². The smallest absolute Gasteiger partial charge is 0.328 e. The first-order valence-corrected chi connectivity index (χ1v) is 7.77. The van der Waals surface area contributed by atoms with Crippen LogP contribution in [0, 0.1) is 0 Å². The number of hydrogen-bond acceptors (Lipinski definition) is 4. The first kappa shape index (κ1) is 16.6. The van der Waals surface area contributed by atoms with E-state index in [9.17, 15) is 9.59 Å². The average molecular weight is 325 g/mol. The van der Waals surface area contributed by atoms with Crippen LogP contribution in [0.3, 0.4) is 0 Å². The lowest BCUT2D eigenvalue weighted by Gasteiger charge is -2.21. The number of nitrogens with zero attached hydrogens (tertiary/aromatic N) is 1. The van der Waals surface area contributed by atoms with Crippen LogP contribution < -0.4 is 10.2 Å². The summed E-state index contributed by atoms with van der Waals surface area (Å²) in [6.07, 6.45) is 2.69. The number of anilines is 1. The summed E-state index contributed by atoms with van der Waals surface area (Å²) in [4.78, 5) is 25.4. The van der Waals surface area contributed by atoms with E-state index >= 15 is 0 Å². The van der Waals surface area contributed by atoms with Crippen molar-refractivity contribution in [2.24, 2.45) is 0 Å². The molecule has 1 heterocycles. The van der Waals surface area contributed by atoms with Gasteiger partial charge in [-0.25, -0.2) is 4.79 Å². The number of amides is 1. The molecule has 1 amide bonds. The molecule has 0 saturated carbocycles. The van der Waals surface area contributed by atoms with Crippen molar-refractivity contribution in [2.45, 2.75) is 32.2 Å². The number of halogens is 1. The van der Waals surface area contributed by atoms with E-state index in [0.717, 1.165) is 24.3 Å². The Morgan fingerprint density at radius 2 is 2.05 bits per heavy atom. The number of rotatable bonds is 5. The predicted molar refractivity (Wildman–Crippen MR) is 86.2 cm³/mol. The monoisotopic (exact) mass is 324 g/mol. The molecule has 1 aromatic carbocycles. The maximum absolute atomic E-state index is 11.8. The summed E-state index contributed by atoms with van der Waals surface area (Å²) in [6, 6.07) is 5.09. The molecule has 1 aliphatic rings. The van der Waals surface area contributed by atoms with Gasteiger partial charge in [-0.2, -0.15) is 0 Å². The van der Waals surface area contributed by atoms with Crippen molar-refractivity contribution in [1.29, 1.82) is 0 Å². The molecule has 5 nitrogen and oxygen atoms in total. The fourth-order valence-electron chi connectivity index (χ4n) is 2.69. The lowest BCUT2D eigenvalue weighted by Crippen LogP contribution is -2.42. The fraction of sp³-hybridized carbons (Fsp3) is 0.500. The van der Waals surface area contributed by atoms with E-state index in [-0.39, 0.29) is 5.91 Å². The summed E-state index contributed by atoms with van der Waals surface area (Å²) in [6.45, 7) is 3.44. The van der Waals surface area contributed by atoms with Crippen molar-refractivity contribution in [3.8, 4) is 0 Å². The van der Waals surface area contributed by atoms with Crippen LogP contribution >= 0.6 is 11.6 Å². The lowest BCUT2D eigenvalue weighted by atomic mass is 10.0. The molecular formula is C16H21ClN2O3. The van der Waals surface area contributed by atoms with Crippen LogP contribution in [0.15, 0.2) is 18.2 Å². The van der Waals surface area contributed by atoms with Crippen LogP contribution in [-0.4, -0.2) is 38.1 Å². The van der Waals surface area contributed by atoms with Gasteiger partial charge in [0.05, 0.1) is 7.11 Å². The molecule has 1 fully saturated rings. The highest BCUT2D eigenvalue weighted by molar-refractivity contribution is 6.31. The summed E-state index contributed by atoms with van der Waals surface area (Å²) in [5.41, 5.74) is 1.93. The quantitative estimate of drug-likeness (QED) is 0.843. The molecule has 2 rings (SSSR count). The van der Waals surface area contributed by atoms with Gasteiger partial charge in [-0.3, -0.25) is 4.79 Å². The second-order valence-electron chi connectivity index (χ2n) is 5.45. The van der Waals surface area contributed by atoms with Gasteiger partial charge in [0.25, 0.3) is 0 Å². The van der Waals surface area contributed by atoms with Gasteiger partial charge < -0.3 is 15.0 Å². The summed E-state index contributed by atoms with van der Waals surface area (Å²) < 4.78 is 4.75. The number of carbonyl (C=O) groups is 2. The van der Waals surface area contributed by atoms with Crippen molar-refractivity contribution in [2.75, 3.05) is 25.1 Å². The topological polar surface area (TPSA) is 58.6 Å². The molecular weight excluding hydrogens is 304 g/mol. The van der Waals surface area contributed by atoms with Gasteiger partial charge in [0.15, 0.2) is 0 Å². The first-order valence-electron chi connectivity index (χ1n) is 7.39. The molecule has 1 N–H and O–H groups in total. The molecule has 0 spiro atoms. The number of benzene rings is 1. The molecule has 120 valence electrons. The van der Waals surface area contributed by atoms with Gasteiger partial charge in [0.2, 0.25) is 5.91 Å². The highest BCUT2D eigenvalue weighted by Gasteiger charge is 2.22.